The van der Waals surface area contributed by atoms with Crippen molar-refractivity contribution in [2.75, 3.05) is 7.05 Å². The van der Waals surface area contributed by atoms with Gasteiger partial charge in [-0.05, 0) is 37.2 Å². The summed E-state index contributed by atoms with van der Waals surface area (Å²) in [6, 6.07) is 12.9. The fourth-order valence-corrected chi connectivity index (χ4v) is 3.39. The summed E-state index contributed by atoms with van der Waals surface area (Å²) in [6.45, 7) is 2.29. The number of hydrogen-bond donors (Lipinski definition) is 3. The number of nitrogens with one attached hydrogen (secondary N) is 3. The average Bonchev–Trinajstić information content (AvgIpc) is 3.03. The Morgan fingerprint density at radius 3 is 2.50 bits per heavy atom. The van der Waals surface area contributed by atoms with Gasteiger partial charge in [0, 0.05) is 11.9 Å². The van der Waals surface area contributed by atoms with Crippen LogP contribution in [0.3, 0.4) is 0 Å². The Balaban J connectivity index is 1.66. The minimum Gasteiger partial charge on any atom is -0.347 e. The Kier molecular flexibility index (Phi) is 5.06. The number of sulfonamides is 1. The fourth-order valence-electron chi connectivity index (χ4n) is 2.61. The first-order chi connectivity index (χ1) is 12.4. The maximum Gasteiger partial charge on any atom is 0.272 e. The zero-order valence-corrected chi connectivity index (χ0v) is 15.4. The van der Waals surface area contributed by atoms with Gasteiger partial charge in [0.05, 0.1) is 11.3 Å². The van der Waals surface area contributed by atoms with Crippen LogP contribution in [-0.4, -0.2) is 31.6 Å². The standard InChI is InChI=1S/C18H20N4O3S/c1-12-3-8-16-15(9-12)17(22-21-16)18(23)20-10-13-4-6-14(7-5-13)11-26(24,25)19-2/h3-9,19H,10-11H2,1-2H3,(H,20,23)(H,21,22). The topological polar surface area (TPSA) is 104 Å². The number of benzene rings is 2. The Labute approximate surface area is 151 Å². The molecule has 0 bridgehead atoms. The predicted octanol–water partition coefficient (Wildman–Crippen LogP) is 1.85. The average molecular weight is 372 g/mol. The van der Waals surface area contributed by atoms with Crippen molar-refractivity contribution in [3.8, 4) is 0 Å². The van der Waals surface area contributed by atoms with Gasteiger partial charge in [-0.25, -0.2) is 13.1 Å². The Bertz CT molecular complexity index is 1040. The van der Waals surface area contributed by atoms with E-state index in [1.165, 1.54) is 7.05 Å². The quantitative estimate of drug-likeness (QED) is 0.614. The zero-order valence-electron chi connectivity index (χ0n) is 14.5. The number of carbonyl (C=O) groups excluding carboxylic acids is 1. The van der Waals surface area contributed by atoms with E-state index in [1.54, 1.807) is 24.3 Å². The summed E-state index contributed by atoms with van der Waals surface area (Å²) >= 11 is 0. The number of H-pyrrole nitrogens is 1. The first kappa shape index (κ1) is 18.1. The number of carbonyl (C=O) groups is 1. The molecule has 0 fully saturated rings. The highest BCUT2D eigenvalue weighted by molar-refractivity contribution is 7.88. The van der Waals surface area contributed by atoms with E-state index in [4.69, 9.17) is 0 Å². The van der Waals surface area contributed by atoms with Gasteiger partial charge < -0.3 is 5.32 Å². The smallest absolute Gasteiger partial charge is 0.272 e. The summed E-state index contributed by atoms with van der Waals surface area (Å²) < 4.78 is 25.4. The van der Waals surface area contributed by atoms with Crippen molar-refractivity contribution in [1.29, 1.82) is 0 Å². The molecule has 7 nitrogen and oxygen atoms in total. The second kappa shape index (κ2) is 7.27. The predicted molar refractivity (Wildman–Crippen MR) is 100 cm³/mol. The highest BCUT2D eigenvalue weighted by Gasteiger charge is 2.14. The molecule has 3 aromatic rings. The lowest BCUT2D eigenvalue weighted by Gasteiger charge is -2.06. The highest BCUT2D eigenvalue weighted by Crippen LogP contribution is 2.17. The number of amides is 1. The first-order valence-corrected chi connectivity index (χ1v) is 9.75. The third-order valence-electron chi connectivity index (χ3n) is 4.08. The second-order valence-electron chi connectivity index (χ2n) is 6.08. The number of aryl methyl sites for hydroxylation is 1. The van der Waals surface area contributed by atoms with Gasteiger partial charge in [-0.1, -0.05) is 35.9 Å². The maximum absolute atomic E-state index is 12.4. The monoisotopic (exact) mass is 372 g/mol. The van der Waals surface area contributed by atoms with Crippen molar-refractivity contribution in [3.63, 3.8) is 0 Å². The number of fused-ring (bicyclic) bond motifs is 1. The van der Waals surface area contributed by atoms with Crippen LogP contribution in [0.15, 0.2) is 42.5 Å². The summed E-state index contributed by atoms with van der Waals surface area (Å²) in [6.07, 6.45) is 0. The molecule has 3 N–H and O–H groups in total. The van der Waals surface area contributed by atoms with Crippen molar-refractivity contribution in [1.82, 2.24) is 20.2 Å². The molecule has 0 atom stereocenters. The molecule has 0 saturated heterocycles. The van der Waals surface area contributed by atoms with Crippen molar-refractivity contribution in [2.24, 2.45) is 0 Å². The second-order valence-corrected chi connectivity index (χ2v) is 8.01. The lowest BCUT2D eigenvalue weighted by molar-refractivity contribution is 0.0947. The summed E-state index contributed by atoms with van der Waals surface area (Å²) in [5.74, 6) is -0.335. The summed E-state index contributed by atoms with van der Waals surface area (Å²) in [4.78, 5) is 12.4. The van der Waals surface area contributed by atoms with Crippen molar-refractivity contribution < 1.29 is 13.2 Å². The molecule has 0 radical (unpaired) electrons. The molecule has 0 aliphatic rings. The van der Waals surface area contributed by atoms with E-state index in [-0.39, 0.29) is 11.7 Å². The van der Waals surface area contributed by atoms with Crippen LogP contribution in [0.5, 0.6) is 0 Å². The van der Waals surface area contributed by atoms with Gasteiger partial charge in [0.15, 0.2) is 5.69 Å². The van der Waals surface area contributed by atoms with Gasteiger partial charge in [-0.2, -0.15) is 5.10 Å². The van der Waals surface area contributed by atoms with Gasteiger partial charge >= 0.3 is 0 Å². The van der Waals surface area contributed by atoms with E-state index < -0.39 is 10.0 Å². The number of rotatable bonds is 6. The molecule has 0 unspecified atom stereocenters. The molecule has 1 aromatic heterocycles. The van der Waals surface area contributed by atoms with E-state index >= 15 is 0 Å². The number of aromatic amines is 1. The van der Waals surface area contributed by atoms with Crippen molar-refractivity contribution in [2.45, 2.75) is 19.2 Å². The fraction of sp³-hybridized carbons (Fsp3) is 0.222. The molecule has 8 heteroatoms. The van der Waals surface area contributed by atoms with Gasteiger partial charge in [0.1, 0.15) is 0 Å². The van der Waals surface area contributed by atoms with Crippen LogP contribution in [0.25, 0.3) is 10.9 Å². The third-order valence-corrected chi connectivity index (χ3v) is 5.41. The maximum atomic E-state index is 12.4. The van der Waals surface area contributed by atoms with E-state index in [0.29, 0.717) is 17.8 Å². The molecule has 136 valence electrons. The molecule has 0 aliphatic heterocycles. The van der Waals surface area contributed by atoms with Gasteiger partial charge in [-0.3, -0.25) is 9.89 Å². The zero-order chi connectivity index (χ0) is 18.7. The molecule has 0 spiro atoms. The number of aromatic nitrogens is 2. The minimum absolute atomic E-state index is 0.0747. The van der Waals surface area contributed by atoms with Gasteiger partial charge in [0.25, 0.3) is 5.91 Å². The van der Waals surface area contributed by atoms with Crippen molar-refractivity contribution >= 4 is 26.8 Å². The van der Waals surface area contributed by atoms with Crippen molar-refractivity contribution in [3.05, 3.63) is 64.8 Å². The third kappa shape index (κ3) is 4.09. The first-order valence-electron chi connectivity index (χ1n) is 8.10. The molecule has 0 saturated carbocycles. The summed E-state index contributed by atoms with van der Waals surface area (Å²) in [5, 5.41) is 10.6. The molecule has 3 rings (SSSR count). The van der Waals surface area contributed by atoms with Gasteiger partial charge in [-0.15, -0.1) is 0 Å². The Morgan fingerprint density at radius 2 is 1.81 bits per heavy atom. The van der Waals surface area contributed by atoms with E-state index in [9.17, 15) is 13.2 Å². The Hall–Kier alpha value is -2.71. The van der Waals surface area contributed by atoms with Crippen LogP contribution in [0.4, 0.5) is 0 Å². The lowest BCUT2D eigenvalue weighted by Crippen LogP contribution is -2.23. The van der Waals surface area contributed by atoms with Crippen LogP contribution in [0, 0.1) is 6.92 Å². The van der Waals surface area contributed by atoms with Crippen LogP contribution >= 0.6 is 0 Å². The SMILES string of the molecule is CNS(=O)(=O)Cc1ccc(CNC(=O)c2n[nH]c3ccc(C)cc23)cc1. The number of nitrogens with zero attached hydrogens (tertiary/aromatic N) is 1. The molecule has 26 heavy (non-hydrogen) atoms. The van der Waals surface area contributed by atoms with Crippen LogP contribution < -0.4 is 10.0 Å². The molecular formula is C18H20N4O3S. The minimum atomic E-state index is -3.30. The van der Waals surface area contributed by atoms with E-state index in [2.05, 4.69) is 20.2 Å². The van der Waals surface area contributed by atoms with E-state index in [0.717, 1.165) is 22.0 Å². The summed E-state index contributed by atoms with van der Waals surface area (Å²) in [5.41, 5.74) is 3.79. The number of hydrogen-bond acceptors (Lipinski definition) is 4. The van der Waals surface area contributed by atoms with Crippen LogP contribution in [0.1, 0.15) is 27.2 Å². The molecule has 1 heterocycles. The molecule has 2 aromatic carbocycles. The highest BCUT2D eigenvalue weighted by atomic mass is 32.2. The Morgan fingerprint density at radius 1 is 1.12 bits per heavy atom. The normalized spacial score (nSPS) is 11.6. The van der Waals surface area contributed by atoms with Crippen LogP contribution in [0.2, 0.25) is 0 Å². The molecule has 1 amide bonds. The molecular weight excluding hydrogens is 352 g/mol. The largest absolute Gasteiger partial charge is 0.347 e. The van der Waals surface area contributed by atoms with Crippen LogP contribution in [-0.2, 0) is 22.3 Å². The summed E-state index contributed by atoms with van der Waals surface area (Å²) in [7, 11) is -1.91. The lowest BCUT2D eigenvalue weighted by atomic mass is 10.1. The van der Waals surface area contributed by atoms with E-state index in [1.807, 2.05) is 25.1 Å². The van der Waals surface area contributed by atoms with Gasteiger partial charge in [0.2, 0.25) is 10.0 Å². The molecule has 0 aliphatic carbocycles.